The number of hydrogen-bond acceptors (Lipinski definition) is 1. The van der Waals surface area contributed by atoms with E-state index in [2.05, 4.69) is 28.2 Å². The minimum atomic E-state index is -4.28. The van der Waals surface area contributed by atoms with Crippen LogP contribution in [0.2, 0.25) is 0 Å². The van der Waals surface area contributed by atoms with Gasteiger partial charge in [0, 0.05) is 16.2 Å². The van der Waals surface area contributed by atoms with Crippen molar-refractivity contribution in [3.8, 4) is 0 Å². The topological polar surface area (TPSA) is 12.0 Å². The fourth-order valence-electron chi connectivity index (χ4n) is 1.53. The van der Waals surface area contributed by atoms with Gasteiger partial charge in [-0.2, -0.15) is 13.2 Å². The van der Waals surface area contributed by atoms with Crippen molar-refractivity contribution < 1.29 is 13.2 Å². The molecule has 2 rings (SSSR count). The Bertz CT molecular complexity index is 403. The van der Waals surface area contributed by atoms with E-state index in [1.165, 1.54) is 6.07 Å². The van der Waals surface area contributed by atoms with Gasteiger partial charge < -0.3 is 5.32 Å². The van der Waals surface area contributed by atoms with Crippen molar-refractivity contribution in [2.75, 3.05) is 5.32 Å². The standard InChI is InChI=1S/C11H11BrF3N/c1-6-4-10(6)16-9-3-2-7(5-8(9)12)11(13,14)15/h2-3,5-6,10,16H,4H2,1H3. The first kappa shape index (κ1) is 11.8. The summed E-state index contributed by atoms with van der Waals surface area (Å²) in [7, 11) is 0. The smallest absolute Gasteiger partial charge is 0.381 e. The van der Waals surface area contributed by atoms with Gasteiger partial charge >= 0.3 is 6.18 Å². The van der Waals surface area contributed by atoms with Crippen LogP contribution in [0.3, 0.4) is 0 Å². The summed E-state index contributed by atoms with van der Waals surface area (Å²) in [6.07, 6.45) is -3.21. The van der Waals surface area contributed by atoms with Crippen molar-refractivity contribution in [1.29, 1.82) is 0 Å². The second kappa shape index (κ2) is 3.95. The molecule has 0 saturated heterocycles. The van der Waals surface area contributed by atoms with Gasteiger partial charge in [-0.05, 0) is 46.5 Å². The van der Waals surface area contributed by atoms with E-state index in [0.717, 1.165) is 24.2 Å². The maximum atomic E-state index is 12.4. The highest BCUT2D eigenvalue weighted by Crippen LogP contribution is 2.37. The molecule has 1 N–H and O–H groups in total. The van der Waals surface area contributed by atoms with Crippen LogP contribution in [-0.4, -0.2) is 6.04 Å². The van der Waals surface area contributed by atoms with Crippen molar-refractivity contribution >= 4 is 21.6 Å². The van der Waals surface area contributed by atoms with Crippen LogP contribution in [0.4, 0.5) is 18.9 Å². The average molecular weight is 294 g/mol. The first-order valence-corrected chi connectivity index (χ1v) is 5.80. The zero-order chi connectivity index (χ0) is 11.9. The van der Waals surface area contributed by atoms with Crippen molar-refractivity contribution in [1.82, 2.24) is 0 Å². The van der Waals surface area contributed by atoms with Crippen LogP contribution in [0.25, 0.3) is 0 Å². The molecular weight excluding hydrogens is 283 g/mol. The molecule has 0 bridgehead atoms. The molecule has 1 saturated carbocycles. The van der Waals surface area contributed by atoms with Crippen LogP contribution in [0.15, 0.2) is 22.7 Å². The Morgan fingerprint density at radius 3 is 2.44 bits per heavy atom. The van der Waals surface area contributed by atoms with Gasteiger partial charge in [0.25, 0.3) is 0 Å². The Kier molecular flexibility index (Phi) is 2.90. The summed E-state index contributed by atoms with van der Waals surface area (Å²) in [6, 6.07) is 4.07. The third kappa shape index (κ3) is 2.51. The molecule has 2 atom stereocenters. The Morgan fingerprint density at radius 1 is 1.38 bits per heavy atom. The maximum absolute atomic E-state index is 12.4. The van der Waals surface area contributed by atoms with Crippen molar-refractivity contribution in [3.63, 3.8) is 0 Å². The molecule has 16 heavy (non-hydrogen) atoms. The van der Waals surface area contributed by atoms with Gasteiger partial charge in [-0.25, -0.2) is 0 Å². The van der Waals surface area contributed by atoms with Gasteiger partial charge in [0.2, 0.25) is 0 Å². The highest BCUT2D eigenvalue weighted by Gasteiger charge is 2.34. The molecule has 5 heteroatoms. The summed E-state index contributed by atoms with van der Waals surface area (Å²) in [5.41, 5.74) is 0.0936. The van der Waals surface area contributed by atoms with Gasteiger partial charge in [0.05, 0.1) is 5.56 Å². The maximum Gasteiger partial charge on any atom is 0.416 e. The minimum absolute atomic E-state index is 0.396. The summed E-state index contributed by atoms with van der Waals surface area (Å²) < 4.78 is 37.6. The fourth-order valence-corrected chi connectivity index (χ4v) is 2.02. The highest BCUT2D eigenvalue weighted by molar-refractivity contribution is 9.10. The second-order valence-electron chi connectivity index (χ2n) is 4.16. The molecule has 1 aromatic rings. The van der Waals surface area contributed by atoms with Crippen LogP contribution in [0.1, 0.15) is 18.9 Å². The van der Waals surface area contributed by atoms with Gasteiger partial charge in [-0.3, -0.25) is 0 Å². The first-order valence-electron chi connectivity index (χ1n) is 5.01. The van der Waals surface area contributed by atoms with Crippen LogP contribution in [-0.2, 0) is 6.18 Å². The number of nitrogens with one attached hydrogen (secondary N) is 1. The molecule has 0 aromatic heterocycles. The molecule has 0 amide bonds. The normalized spacial score (nSPS) is 24.3. The van der Waals surface area contributed by atoms with Gasteiger partial charge in [0.1, 0.15) is 0 Å². The predicted molar refractivity (Wildman–Crippen MR) is 60.3 cm³/mol. The molecule has 2 unspecified atom stereocenters. The lowest BCUT2D eigenvalue weighted by Crippen LogP contribution is -2.07. The number of rotatable bonds is 2. The zero-order valence-electron chi connectivity index (χ0n) is 8.61. The molecule has 0 radical (unpaired) electrons. The summed E-state index contributed by atoms with van der Waals surface area (Å²) >= 11 is 3.15. The van der Waals surface area contributed by atoms with E-state index < -0.39 is 11.7 Å². The summed E-state index contributed by atoms with van der Waals surface area (Å²) in [4.78, 5) is 0. The lowest BCUT2D eigenvalue weighted by atomic mass is 10.2. The SMILES string of the molecule is CC1CC1Nc1ccc(C(F)(F)F)cc1Br. The quantitative estimate of drug-likeness (QED) is 0.858. The Labute approximate surface area is 100 Å². The molecule has 1 aliphatic carbocycles. The summed E-state index contributed by atoms with van der Waals surface area (Å²) in [5.74, 6) is 0.606. The summed E-state index contributed by atoms with van der Waals surface area (Å²) in [6.45, 7) is 2.11. The molecule has 0 heterocycles. The van der Waals surface area contributed by atoms with Gasteiger partial charge in [0.15, 0.2) is 0 Å². The van der Waals surface area contributed by atoms with Gasteiger partial charge in [-0.15, -0.1) is 0 Å². The monoisotopic (exact) mass is 293 g/mol. The van der Waals surface area contributed by atoms with E-state index in [1.807, 2.05) is 0 Å². The Morgan fingerprint density at radius 2 is 2.00 bits per heavy atom. The van der Waals surface area contributed by atoms with E-state index in [0.29, 0.717) is 16.4 Å². The second-order valence-corrected chi connectivity index (χ2v) is 5.01. The van der Waals surface area contributed by atoms with Gasteiger partial charge in [-0.1, -0.05) is 6.92 Å². The predicted octanol–water partition coefficient (Wildman–Crippen LogP) is 4.29. The third-order valence-corrected chi connectivity index (χ3v) is 3.40. The third-order valence-electron chi connectivity index (χ3n) is 2.75. The molecule has 0 spiro atoms. The van der Waals surface area contributed by atoms with Crippen LogP contribution in [0.5, 0.6) is 0 Å². The molecule has 88 valence electrons. The first-order chi connectivity index (χ1) is 7.38. The Balaban J connectivity index is 2.16. The molecule has 1 fully saturated rings. The number of alkyl halides is 3. The largest absolute Gasteiger partial charge is 0.416 e. The fraction of sp³-hybridized carbons (Fsp3) is 0.455. The van der Waals surface area contributed by atoms with Crippen LogP contribution in [0, 0.1) is 5.92 Å². The van der Waals surface area contributed by atoms with E-state index >= 15 is 0 Å². The van der Waals surface area contributed by atoms with E-state index in [9.17, 15) is 13.2 Å². The lowest BCUT2D eigenvalue weighted by Gasteiger charge is -2.11. The van der Waals surface area contributed by atoms with Crippen LogP contribution >= 0.6 is 15.9 Å². The number of benzene rings is 1. The Hall–Kier alpha value is -0.710. The molecule has 1 nitrogen and oxygen atoms in total. The lowest BCUT2D eigenvalue weighted by molar-refractivity contribution is -0.137. The molecule has 1 aliphatic rings. The van der Waals surface area contributed by atoms with Crippen molar-refractivity contribution in [2.45, 2.75) is 25.6 Å². The number of halogens is 4. The van der Waals surface area contributed by atoms with Crippen LogP contribution < -0.4 is 5.32 Å². The van der Waals surface area contributed by atoms with Crippen molar-refractivity contribution in [3.05, 3.63) is 28.2 Å². The minimum Gasteiger partial charge on any atom is -0.381 e. The van der Waals surface area contributed by atoms with Crippen molar-refractivity contribution in [2.24, 2.45) is 5.92 Å². The molecular formula is C11H11BrF3N. The van der Waals surface area contributed by atoms with E-state index in [1.54, 1.807) is 0 Å². The number of hydrogen-bond donors (Lipinski definition) is 1. The number of anilines is 1. The zero-order valence-corrected chi connectivity index (χ0v) is 10.2. The summed E-state index contributed by atoms with van der Waals surface area (Å²) in [5, 5.41) is 3.20. The highest BCUT2D eigenvalue weighted by atomic mass is 79.9. The molecule has 1 aromatic carbocycles. The average Bonchev–Trinajstić information content (AvgIpc) is 2.84. The van der Waals surface area contributed by atoms with E-state index in [-0.39, 0.29) is 0 Å². The van der Waals surface area contributed by atoms with E-state index in [4.69, 9.17) is 0 Å². The molecule has 0 aliphatic heterocycles.